The Morgan fingerprint density at radius 2 is 2.07 bits per heavy atom. The second-order valence-electron chi connectivity index (χ2n) is 2.69. The van der Waals surface area contributed by atoms with Crippen molar-refractivity contribution in [3.63, 3.8) is 0 Å². The van der Waals surface area contributed by atoms with Gasteiger partial charge in [0.1, 0.15) is 5.68 Å². The highest BCUT2D eigenvalue weighted by atomic mass is 16.1. The van der Waals surface area contributed by atoms with Gasteiger partial charge in [0.05, 0.1) is 5.70 Å². The number of nitrogens with zero attached hydrogens (tertiary/aromatic N) is 3. The van der Waals surface area contributed by atoms with Crippen LogP contribution in [0.15, 0.2) is 41.1 Å². The molecule has 1 aromatic carbocycles. The van der Waals surface area contributed by atoms with E-state index in [0.29, 0.717) is 0 Å². The minimum absolute atomic E-state index is 0.124. The second kappa shape index (κ2) is 4.89. The summed E-state index contributed by atoms with van der Waals surface area (Å²) in [4.78, 5) is 13.6. The van der Waals surface area contributed by atoms with Gasteiger partial charge in [0.2, 0.25) is 0 Å². The molecule has 0 saturated heterocycles. The van der Waals surface area contributed by atoms with E-state index in [-0.39, 0.29) is 11.4 Å². The Bertz CT molecular complexity index is 403. The summed E-state index contributed by atoms with van der Waals surface area (Å²) in [6, 6.07) is 9.23. The van der Waals surface area contributed by atoms with Crippen LogP contribution in [0.5, 0.6) is 0 Å². The summed E-state index contributed by atoms with van der Waals surface area (Å²) in [6.07, 6.45) is 1.56. The van der Waals surface area contributed by atoms with Gasteiger partial charge < -0.3 is 4.79 Å². The quantitative estimate of drug-likeness (QED) is 0.231. The summed E-state index contributed by atoms with van der Waals surface area (Å²) in [7, 11) is 1.36. The van der Waals surface area contributed by atoms with E-state index in [1.165, 1.54) is 7.85 Å². The van der Waals surface area contributed by atoms with Gasteiger partial charge in [0.25, 0.3) is 0 Å². The molecule has 0 aliphatic carbocycles. The molecule has 0 N–H and O–H groups in total. The van der Waals surface area contributed by atoms with E-state index in [0.717, 1.165) is 5.56 Å². The predicted octanol–water partition coefficient (Wildman–Crippen LogP) is 1.50. The summed E-state index contributed by atoms with van der Waals surface area (Å²) in [6.45, 7) is 0. The molecule has 0 saturated carbocycles. The largest absolute Gasteiger partial charge is 0.307 e. The Labute approximate surface area is 82.3 Å². The summed E-state index contributed by atoms with van der Waals surface area (Å²) in [5, 5.41) is 3.31. The number of hydrogen-bond acceptors (Lipinski definition) is 2. The molecule has 68 valence electrons. The highest BCUT2D eigenvalue weighted by molar-refractivity contribution is 6.62. The molecule has 0 aliphatic rings. The molecule has 0 amide bonds. The monoisotopic (exact) mass is 185 g/mol. The van der Waals surface area contributed by atoms with Crippen LogP contribution < -0.4 is 0 Å². The number of benzene rings is 1. The van der Waals surface area contributed by atoms with Gasteiger partial charge in [0, 0.05) is 4.91 Å². The standard InChI is InChI=1S/C9H8BN3O/c10-9(14)8(12-13-11)6-7-4-2-1-3-5-7/h1-6H,10H2/b8-6-. The Morgan fingerprint density at radius 1 is 1.43 bits per heavy atom. The number of allylic oxidation sites excluding steroid dienone is 1. The molecule has 0 spiro atoms. The summed E-state index contributed by atoms with van der Waals surface area (Å²) in [5.74, 6) is 0. The molecule has 0 aliphatic heterocycles. The zero-order chi connectivity index (χ0) is 10.4. The Balaban J connectivity index is 3.05. The van der Waals surface area contributed by atoms with Gasteiger partial charge in [-0.1, -0.05) is 35.4 Å². The molecule has 1 rings (SSSR count). The molecule has 0 heterocycles. The van der Waals surface area contributed by atoms with Crippen LogP contribution in [-0.4, -0.2) is 13.5 Å². The maximum Gasteiger partial charge on any atom is 0.193 e. The van der Waals surface area contributed by atoms with Gasteiger partial charge in [-0.15, -0.1) is 0 Å². The first kappa shape index (κ1) is 10.1. The first-order chi connectivity index (χ1) is 6.74. The zero-order valence-electron chi connectivity index (χ0n) is 7.71. The average Bonchev–Trinajstić information content (AvgIpc) is 2.18. The SMILES string of the molecule is BC(=O)/C(=C/c1ccccc1)N=[N+]=[N-]. The third-order valence-electron chi connectivity index (χ3n) is 1.62. The van der Waals surface area contributed by atoms with Crippen molar-refractivity contribution in [3.05, 3.63) is 52.0 Å². The van der Waals surface area contributed by atoms with Crippen molar-refractivity contribution < 1.29 is 4.79 Å². The molecule has 14 heavy (non-hydrogen) atoms. The van der Waals surface area contributed by atoms with Gasteiger partial charge in [-0.2, -0.15) is 0 Å². The molecule has 0 radical (unpaired) electrons. The van der Waals surface area contributed by atoms with Crippen molar-refractivity contribution in [2.24, 2.45) is 5.11 Å². The Hall–Kier alpha value is -2.00. The van der Waals surface area contributed by atoms with Crippen LogP contribution in [0.1, 0.15) is 5.56 Å². The van der Waals surface area contributed by atoms with Crippen LogP contribution in [0.3, 0.4) is 0 Å². The van der Waals surface area contributed by atoms with Gasteiger partial charge >= 0.3 is 0 Å². The highest BCUT2D eigenvalue weighted by Crippen LogP contribution is 2.07. The van der Waals surface area contributed by atoms with E-state index < -0.39 is 0 Å². The van der Waals surface area contributed by atoms with E-state index in [1.54, 1.807) is 6.08 Å². The molecule has 0 fully saturated rings. The lowest BCUT2D eigenvalue weighted by Crippen LogP contribution is -1.97. The molecule has 4 nitrogen and oxygen atoms in total. The van der Waals surface area contributed by atoms with E-state index in [2.05, 4.69) is 10.0 Å². The fraction of sp³-hybridized carbons (Fsp3) is 0. The topological polar surface area (TPSA) is 65.8 Å². The van der Waals surface area contributed by atoms with E-state index in [4.69, 9.17) is 5.53 Å². The maximum absolute atomic E-state index is 11.0. The minimum Gasteiger partial charge on any atom is -0.307 e. The molecule has 1 aromatic rings. The number of azide groups is 1. The van der Waals surface area contributed by atoms with Crippen LogP contribution in [0.2, 0.25) is 0 Å². The van der Waals surface area contributed by atoms with Gasteiger partial charge in [0.15, 0.2) is 7.85 Å². The second-order valence-corrected chi connectivity index (χ2v) is 2.69. The zero-order valence-corrected chi connectivity index (χ0v) is 7.71. The molecule has 0 aromatic heterocycles. The van der Waals surface area contributed by atoms with Crippen LogP contribution in [0.4, 0.5) is 0 Å². The van der Waals surface area contributed by atoms with Crippen molar-refractivity contribution in [3.8, 4) is 0 Å². The fourth-order valence-corrected chi connectivity index (χ4v) is 0.956. The fourth-order valence-electron chi connectivity index (χ4n) is 0.956. The maximum atomic E-state index is 11.0. The van der Waals surface area contributed by atoms with Gasteiger partial charge in [-0.3, -0.25) is 0 Å². The predicted molar refractivity (Wildman–Crippen MR) is 57.1 cm³/mol. The van der Waals surface area contributed by atoms with Crippen LogP contribution in [0.25, 0.3) is 16.5 Å². The van der Waals surface area contributed by atoms with Crippen LogP contribution in [0, 0.1) is 0 Å². The number of hydrogen-bond donors (Lipinski definition) is 0. The summed E-state index contributed by atoms with van der Waals surface area (Å²) in [5.41, 5.74) is 8.95. The third kappa shape index (κ3) is 2.81. The van der Waals surface area contributed by atoms with Crippen molar-refractivity contribution in [1.82, 2.24) is 0 Å². The number of carbonyl (C=O) groups excluding carboxylic acids is 1. The lowest BCUT2D eigenvalue weighted by molar-refractivity contribution is -0.108. The lowest BCUT2D eigenvalue weighted by atomic mass is 9.98. The van der Waals surface area contributed by atoms with Crippen LogP contribution >= 0.6 is 0 Å². The lowest BCUT2D eigenvalue weighted by Gasteiger charge is -1.95. The van der Waals surface area contributed by atoms with E-state index in [1.807, 2.05) is 30.3 Å². The number of rotatable bonds is 3. The summed E-state index contributed by atoms with van der Waals surface area (Å²) >= 11 is 0. The normalized spacial score (nSPS) is 10.4. The van der Waals surface area contributed by atoms with Crippen molar-refractivity contribution >= 4 is 19.6 Å². The average molecular weight is 185 g/mol. The smallest absolute Gasteiger partial charge is 0.193 e. The first-order valence-corrected chi connectivity index (χ1v) is 4.07. The molecule has 0 atom stereocenters. The van der Waals surface area contributed by atoms with Crippen molar-refractivity contribution in [1.29, 1.82) is 0 Å². The molecule has 0 bridgehead atoms. The molecular formula is C9H8BN3O. The van der Waals surface area contributed by atoms with E-state index >= 15 is 0 Å². The third-order valence-corrected chi connectivity index (χ3v) is 1.62. The van der Waals surface area contributed by atoms with Crippen molar-refractivity contribution in [2.45, 2.75) is 0 Å². The molecule has 5 heteroatoms. The van der Waals surface area contributed by atoms with Gasteiger partial charge in [-0.05, 0) is 17.2 Å². The van der Waals surface area contributed by atoms with Crippen molar-refractivity contribution in [2.75, 3.05) is 0 Å². The van der Waals surface area contributed by atoms with Gasteiger partial charge in [-0.25, -0.2) is 0 Å². The van der Waals surface area contributed by atoms with E-state index in [9.17, 15) is 4.79 Å². The highest BCUT2D eigenvalue weighted by Gasteiger charge is 1.99. The number of carbonyl (C=O) groups is 1. The Morgan fingerprint density at radius 3 is 2.57 bits per heavy atom. The first-order valence-electron chi connectivity index (χ1n) is 4.07. The minimum atomic E-state index is -0.244. The molecular weight excluding hydrogens is 177 g/mol. The summed E-state index contributed by atoms with van der Waals surface area (Å²) < 4.78 is 0. The van der Waals surface area contributed by atoms with Crippen LogP contribution in [-0.2, 0) is 4.79 Å². The Kier molecular flexibility index (Phi) is 3.53. The molecule has 0 unspecified atom stereocenters.